The summed E-state index contributed by atoms with van der Waals surface area (Å²) >= 11 is 0. The van der Waals surface area contributed by atoms with Gasteiger partial charge < -0.3 is 14.6 Å². The Kier molecular flexibility index (Phi) is 4.68. The SMILES string of the molecule is CCCC(C(=O)OCC)C1(O)CC(C)(C)OC1(C)C. The molecule has 1 saturated heterocycles. The van der Waals surface area contributed by atoms with Crippen molar-refractivity contribution in [2.75, 3.05) is 6.61 Å². The number of hydrogen-bond donors (Lipinski definition) is 1. The third-order valence-electron chi connectivity index (χ3n) is 3.99. The smallest absolute Gasteiger partial charge is 0.311 e. The largest absolute Gasteiger partial charge is 0.466 e. The molecule has 0 aromatic heterocycles. The molecule has 4 nitrogen and oxygen atoms in total. The molecule has 0 saturated carbocycles. The van der Waals surface area contributed by atoms with Gasteiger partial charge in [-0.15, -0.1) is 0 Å². The summed E-state index contributed by atoms with van der Waals surface area (Å²) in [4.78, 5) is 12.2. The molecule has 0 aromatic rings. The van der Waals surface area contributed by atoms with Crippen LogP contribution in [0.2, 0.25) is 0 Å². The predicted octanol–water partition coefficient (Wildman–Crippen LogP) is 2.67. The van der Waals surface area contributed by atoms with Crippen LogP contribution in [-0.2, 0) is 14.3 Å². The summed E-state index contributed by atoms with van der Waals surface area (Å²) in [5.41, 5.74) is -2.38. The van der Waals surface area contributed by atoms with E-state index in [0.29, 0.717) is 19.4 Å². The van der Waals surface area contributed by atoms with Crippen molar-refractivity contribution in [1.29, 1.82) is 0 Å². The number of rotatable bonds is 5. The van der Waals surface area contributed by atoms with Crippen LogP contribution in [-0.4, -0.2) is 34.5 Å². The molecule has 0 aromatic carbocycles. The molecule has 0 radical (unpaired) electrons. The molecule has 1 heterocycles. The number of aliphatic hydroxyl groups is 1. The van der Waals surface area contributed by atoms with E-state index in [-0.39, 0.29) is 5.97 Å². The molecule has 2 atom stereocenters. The Morgan fingerprint density at radius 1 is 1.32 bits per heavy atom. The summed E-state index contributed by atoms with van der Waals surface area (Å²) in [5.74, 6) is -0.851. The molecule has 0 spiro atoms. The van der Waals surface area contributed by atoms with E-state index >= 15 is 0 Å². The van der Waals surface area contributed by atoms with E-state index < -0.39 is 22.7 Å². The van der Waals surface area contributed by atoms with Crippen molar-refractivity contribution in [3.8, 4) is 0 Å². The fourth-order valence-corrected chi connectivity index (χ4v) is 3.30. The van der Waals surface area contributed by atoms with Crippen molar-refractivity contribution >= 4 is 5.97 Å². The van der Waals surface area contributed by atoms with Crippen LogP contribution in [0.25, 0.3) is 0 Å². The molecule has 1 N–H and O–H groups in total. The molecule has 0 aliphatic carbocycles. The summed E-state index contributed by atoms with van der Waals surface area (Å²) in [6.07, 6.45) is 1.87. The molecule has 4 heteroatoms. The topological polar surface area (TPSA) is 55.8 Å². The lowest BCUT2D eigenvalue weighted by molar-refractivity contribution is -0.178. The highest BCUT2D eigenvalue weighted by Crippen LogP contribution is 2.50. The highest BCUT2D eigenvalue weighted by Gasteiger charge is 2.61. The van der Waals surface area contributed by atoms with Crippen LogP contribution >= 0.6 is 0 Å². The quantitative estimate of drug-likeness (QED) is 0.782. The van der Waals surface area contributed by atoms with Crippen LogP contribution in [0.5, 0.6) is 0 Å². The average Bonchev–Trinajstić information content (AvgIpc) is 2.39. The van der Waals surface area contributed by atoms with Crippen LogP contribution < -0.4 is 0 Å². The lowest BCUT2D eigenvalue weighted by Crippen LogP contribution is -2.54. The first-order valence-corrected chi connectivity index (χ1v) is 7.19. The molecule has 2 unspecified atom stereocenters. The zero-order valence-corrected chi connectivity index (χ0v) is 13.1. The fraction of sp³-hybridized carbons (Fsp3) is 0.933. The van der Waals surface area contributed by atoms with Gasteiger partial charge in [0.1, 0.15) is 5.60 Å². The average molecular weight is 272 g/mol. The molecule has 112 valence electrons. The maximum absolute atomic E-state index is 12.2. The van der Waals surface area contributed by atoms with Crippen LogP contribution in [0.15, 0.2) is 0 Å². The van der Waals surface area contributed by atoms with Crippen molar-refractivity contribution in [2.24, 2.45) is 5.92 Å². The Morgan fingerprint density at radius 2 is 1.89 bits per heavy atom. The van der Waals surface area contributed by atoms with Crippen LogP contribution in [0, 0.1) is 5.92 Å². The summed E-state index contributed by atoms with van der Waals surface area (Å²) in [5, 5.41) is 11.1. The Hall–Kier alpha value is -0.610. The maximum Gasteiger partial charge on any atom is 0.311 e. The number of carbonyl (C=O) groups excluding carboxylic acids is 1. The minimum Gasteiger partial charge on any atom is -0.466 e. The predicted molar refractivity (Wildman–Crippen MR) is 73.8 cm³/mol. The molecule has 1 rings (SSSR count). The summed E-state index contributed by atoms with van der Waals surface area (Å²) in [7, 11) is 0. The molecular weight excluding hydrogens is 244 g/mol. The zero-order chi connectivity index (χ0) is 14.9. The van der Waals surface area contributed by atoms with Crippen LogP contribution in [0.1, 0.15) is 60.8 Å². The lowest BCUT2D eigenvalue weighted by Gasteiger charge is -2.40. The van der Waals surface area contributed by atoms with Crippen molar-refractivity contribution in [3.05, 3.63) is 0 Å². The molecule has 1 aliphatic rings. The van der Waals surface area contributed by atoms with Gasteiger partial charge in [-0.3, -0.25) is 4.79 Å². The van der Waals surface area contributed by atoms with Crippen LogP contribution in [0.3, 0.4) is 0 Å². The van der Waals surface area contributed by atoms with Gasteiger partial charge in [-0.25, -0.2) is 0 Å². The second-order valence-corrected chi connectivity index (χ2v) is 6.57. The third-order valence-corrected chi connectivity index (χ3v) is 3.99. The summed E-state index contributed by atoms with van der Waals surface area (Å²) in [6, 6.07) is 0. The van der Waals surface area contributed by atoms with Gasteiger partial charge in [0.15, 0.2) is 0 Å². The first-order valence-electron chi connectivity index (χ1n) is 7.19. The monoisotopic (exact) mass is 272 g/mol. The zero-order valence-electron chi connectivity index (χ0n) is 13.1. The van der Waals surface area contributed by atoms with E-state index in [2.05, 4.69) is 0 Å². The van der Waals surface area contributed by atoms with E-state index in [1.165, 1.54) is 0 Å². The Balaban J connectivity index is 3.09. The number of hydrogen-bond acceptors (Lipinski definition) is 4. The number of esters is 1. The van der Waals surface area contributed by atoms with E-state index in [0.717, 1.165) is 6.42 Å². The molecule has 1 aliphatic heterocycles. The first-order chi connectivity index (χ1) is 8.59. The fourth-order valence-electron chi connectivity index (χ4n) is 3.30. The first kappa shape index (κ1) is 16.4. The Labute approximate surface area is 116 Å². The third kappa shape index (κ3) is 3.11. The highest BCUT2D eigenvalue weighted by atomic mass is 16.6. The normalized spacial score (nSPS) is 30.1. The summed E-state index contributed by atoms with van der Waals surface area (Å²) in [6.45, 7) is 11.7. The van der Waals surface area contributed by atoms with Gasteiger partial charge in [0.25, 0.3) is 0 Å². The van der Waals surface area contributed by atoms with Crippen molar-refractivity contribution in [1.82, 2.24) is 0 Å². The molecule has 19 heavy (non-hydrogen) atoms. The standard InChI is InChI=1S/C15H28O4/c1-7-9-11(12(16)18-8-2)15(17)10-13(3,4)19-14(15,5)6/h11,17H,7-10H2,1-6H3. The molecule has 0 bridgehead atoms. The van der Waals surface area contributed by atoms with Gasteiger partial charge in [-0.1, -0.05) is 13.3 Å². The lowest BCUT2D eigenvalue weighted by atomic mass is 9.71. The van der Waals surface area contributed by atoms with Crippen molar-refractivity contribution in [3.63, 3.8) is 0 Å². The molecular formula is C15H28O4. The van der Waals surface area contributed by atoms with Gasteiger partial charge in [0.05, 0.1) is 23.7 Å². The van der Waals surface area contributed by atoms with Gasteiger partial charge in [0, 0.05) is 6.42 Å². The van der Waals surface area contributed by atoms with E-state index in [1.807, 2.05) is 34.6 Å². The van der Waals surface area contributed by atoms with Gasteiger partial charge in [-0.2, -0.15) is 0 Å². The number of ether oxygens (including phenoxy) is 2. The second kappa shape index (κ2) is 5.41. The molecule has 1 fully saturated rings. The summed E-state index contributed by atoms with van der Waals surface area (Å²) < 4.78 is 11.1. The van der Waals surface area contributed by atoms with Crippen molar-refractivity contribution < 1.29 is 19.4 Å². The van der Waals surface area contributed by atoms with E-state index in [1.54, 1.807) is 6.92 Å². The van der Waals surface area contributed by atoms with E-state index in [4.69, 9.17) is 9.47 Å². The highest BCUT2D eigenvalue weighted by molar-refractivity contribution is 5.74. The second-order valence-electron chi connectivity index (χ2n) is 6.57. The minimum atomic E-state index is -1.18. The minimum absolute atomic E-state index is 0.318. The molecule has 0 amide bonds. The van der Waals surface area contributed by atoms with E-state index in [9.17, 15) is 9.90 Å². The van der Waals surface area contributed by atoms with Gasteiger partial charge in [0.2, 0.25) is 0 Å². The van der Waals surface area contributed by atoms with Gasteiger partial charge in [-0.05, 0) is 41.0 Å². The van der Waals surface area contributed by atoms with Crippen molar-refractivity contribution in [2.45, 2.75) is 77.6 Å². The van der Waals surface area contributed by atoms with Gasteiger partial charge >= 0.3 is 5.97 Å². The Bertz CT molecular complexity index is 335. The maximum atomic E-state index is 12.2. The Morgan fingerprint density at radius 3 is 2.26 bits per heavy atom. The van der Waals surface area contributed by atoms with Crippen LogP contribution in [0.4, 0.5) is 0 Å². The number of carbonyl (C=O) groups is 1.